The van der Waals surface area contributed by atoms with E-state index in [-0.39, 0.29) is 23.9 Å². The lowest BCUT2D eigenvalue weighted by molar-refractivity contribution is -0.144. The average Bonchev–Trinajstić information content (AvgIpc) is 3.23. The van der Waals surface area contributed by atoms with Crippen LogP contribution in [0.25, 0.3) is 0 Å². The number of nitrogens with zero attached hydrogens (tertiary/aromatic N) is 2. The summed E-state index contributed by atoms with van der Waals surface area (Å²) >= 11 is 7.25. The normalized spacial score (nSPS) is 12.3. The molecular formula is C21H18ClN3O5S. The van der Waals surface area contributed by atoms with Crippen LogP contribution in [-0.4, -0.2) is 35.3 Å². The maximum absolute atomic E-state index is 12.3. The molecule has 1 N–H and O–H groups in total. The number of ether oxygens (including phenoxy) is 3. The minimum absolute atomic E-state index is 0.00985. The molecule has 8 nitrogen and oxygen atoms in total. The smallest absolute Gasteiger partial charge is 0.310 e. The number of aromatic nitrogens is 2. The molecule has 0 atom stereocenters. The van der Waals surface area contributed by atoms with Gasteiger partial charge in [0, 0.05) is 5.69 Å². The van der Waals surface area contributed by atoms with Crippen molar-refractivity contribution in [2.75, 3.05) is 18.5 Å². The van der Waals surface area contributed by atoms with Crippen molar-refractivity contribution in [3.8, 4) is 11.5 Å². The second-order valence-electron chi connectivity index (χ2n) is 6.76. The molecule has 0 aliphatic carbocycles. The Labute approximate surface area is 187 Å². The highest BCUT2D eigenvalue weighted by Gasteiger charge is 2.19. The van der Waals surface area contributed by atoms with E-state index in [1.165, 1.54) is 0 Å². The van der Waals surface area contributed by atoms with Gasteiger partial charge in [-0.3, -0.25) is 9.59 Å². The summed E-state index contributed by atoms with van der Waals surface area (Å²) in [6.45, 7) is 2.74. The third kappa shape index (κ3) is 5.31. The quantitative estimate of drug-likeness (QED) is 0.559. The highest BCUT2D eigenvalue weighted by Crippen LogP contribution is 2.38. The zero-order chi connectivity index (χ0) is 21.8. The number of benzene rings is 2. The van der Waals surface area contributed by atoms with Crippen molar-refractivity contribution < 1.29 is 23.8 Å². The van der Waals surface area contributed by atoms with Crippen LogP contribution in [0.2, 0.25) is 5.02 Å². The molecule has 0 bridgehead atoms. The number of hydrogen-bond acceptors (Lipinski definition) is 8. The lowest BCUT2D eigenvalue weighted by Gasteiger charge is -2.20. The minimum Gasteiger partial charge on any atom is -0.486 e. The topological polar surface area (TPSA) is 99.6 Å². The number of nitrogens with one attached hydrogen (secondary N) is 1. The van der Waals surface area contributed by atoms with Crippen molar-refractivity contribution in [1.29, 1.82) is 0 Å². The molecule has 0 unspecified atom stereocenters. The van der Waals surface area contributed by atoms with E-state index in [0.29, 0.717) is 46.0 Å². The molecule has 4 rings (SSSR count). The summed E-state index contributed by atoms with van der Waals surface area (Å²) in [5.41, 5.74) is 2.41. The first-order chi connectivity index (χ1) is 15.0. The van der Waals surface area contributed by atoms with Crippen LogP contribution in [-0.2, 0) is 22.6 Å². The Kier molecular flexibility index (Phi) is 6.34. The van der Waals surface area contributed by atoms with E-state index in [1.807, 2.05) is 19.1 Å². The molecule has 2 heterocycles. The van der Waals surface area contributed by atoms with Crippen molar-refractivity contribution in [1.82, 2.24) is 10.2 Å². The number of rotatable bonds is 6. The summed E-state index contributed by atoms with van der Waals surface area (Å²) in [4.78, 5) is 24.5. The number of hydrogen-bond donors (Lipinski definition) is 1. The summed E-state index contributed by atoms with van der Waals surface area (Å²) in [6.07, 6.45) is 0.00985. The number of halogens is 1. The van der Waals surface area contributed by atoms with E-state index in [9.17, 15) is 9.59 Å². The second kappa shape index (κ2) is 9.32. The molecule has 0 spiro atoms. The van der Waals surface area contributed by atoms with Crippen LogP contribution in [0, 0.1) is 6.92 Å². The van der Waals surface area contributed by atoms with Gasteiger partial charge in [-0.1, -0.05) is 40.6 Å². The first-order valence-corrected chi connectivity index (χ1v) is 10.6. The van der Waals surface area contributed by atoms with Gasteiger partial charge in [0.2, 0.25) is 5.01 Å². The lowest BCUT2D eigenvalue weighted by atomic mass is 10.1. The van der Waals surface area contributed by atoms with Gasteiger partial charge >= 0.3 is 5.97 Å². The number of amides is 1. The largest absolute Gasteiger partial charge is 0.486 e. The first kappa shape index (κ1) is 21.1. The lowest BCUT2D eigenvalue weighted by Crippen LogP contribution is -2.16. The van der Waals surface area contributed by atoms with Gasteiger partial charge < -0.3 is 19.5 Å². The standard InChI is InChI=1S/C21H18ClN3O5S/c1-12-2-4-14(5-3-12)23-20(27)21-25-24-17(31-21)11-30-18(26)10-13-8-15(22)19-16(9-13)28-6-7-29-19/h2-5,8-9H,6-7,10-11H2,1H3,(H,23,27). The van der Waals surface area contributed by atoms with E-state index in [0.717, 1.165) is 16.9 Å². The van der Waals surface area contributed by atoms with E-state index < -0.39 is 5.97 Å². The Hall–Kier alpha value is -3.17. The molecule has 0 radical (unpaired) electrons. The fourth-order valence-corrected chi connectivity index (χ4v) is 3.79. The Morgan fingerprint density at radius 2 is 1.94 bits per heavy atom. The molecule has 1 aromatic heterocycles. The van der Waals surface area contributed by atoms with E-state index in [1.54, 1.807) is 24.3 Å². The number of carbonyl (C=O) groups excluding carboxylic acids is 2. The van der Waals surface area contributed by atoms with Crippen LogP contribution < -0.4 is 14.8 Å². The zero-order valence-electron chi connectivity index (χ0n) is 16.5. The van der Waals surface area contributed by atoms with Crippen molar-refractivity contribution in [3.63, 3.8) is 0 Å². The second-order valence-corrected chi connectivity index (χ2v) is 8.23. The molecule has 31 heavy (non-hydrogen) atoms. The Balaban J connectivity index is 1.31. The highest BCUT2D eigenvalue weighted by molar-refractivity contribution is 7.13. The van der Waals surface area contributed by atoms with Crippen LogP contribution in [0.4, 0.5) is 5.69 Å². The fourth-order valence-electron chi connectivity index (χ4n) is 2.85. The van der Waals surface area contributed by atoms with Crippen molar-refractivity contribution >= 4 is 40.5 Å². The minimum atomic E-state index is -0.464. The maximum Gasteiger partial charge on any atom is 0.310 e. The summed E-state index contributed by atoms with van der Waals surface area (Å²) in [7, 11) is 0. The summed E-state index contributed by atoms with van der Waals surface area (Å²) in [5, 5.41) is 11.5. The molecule has 0 saturated carbocycles. The molecule has 0 fully saturated rings. The molecule has 1 aliphatic heterocycles. The number of carbonyl (C=O) groups is 2. The van der Waals surface area contributed by atoms with Crippen LogP contribution >= 0.6 is 22.9 Å². The van der Waals surface area contributed by atoms with Gasteiger partial charge in [0.25, 0.3) is 5.91 Å². The highest BCUT2D eigenvalue weighted by atomic mass is 35.5. The van der Waals surface area contributed by atoms with Gasteiger partial charge in [-0.25, -0.2) is 0 Å². The molecule has 2 aromatic carbocycles. The molecular weight excluding hydrogens is 442 g/mol. The van der Waals surface area contributed by atoms with E-state index >= 15 is 0 Å². The van der Waals surface area contributed by atoms with Gasteiger partial charge in [0.1, 0.15) is 19.8 Å². The van der Waals surface area contributed by atoms with Crippen LogP contribution in [0.3, 0.4) is 0 Å². The first-order valence-electron chi connectivity index (χ1n) is 9.42. The summed E-state index contributed by atoms with van der Waals surface area (Å²) in [6, 6.07) is 10.8. The van der Waals surface area contributed by atoms with Crippen molar-refractivity contribution in [2.45, 2.75) is 20.0 Å². The Morgan fingerprint density at radius 3 is 2.74 bits per heavy atom. The molecule has 160 valence electrons. The molecule has 1 amide bonds. The van der Waals surface area contributed by atoms with E-state index in [4.69, 9.17) is 25.8 Å². The predicted octanol–water partition coefficient (Wildman–Crippen LogP) is 3.81. The number of esters is 1. The van der Waals surface area contributed by atoms with Gasteiger partial charge in [0.15, 0.2) is 16.5 Å². The van der Waals surface area contributed by atoms with E-state index in [2.05, 4.69) is 15.5 Å². The number of fused-ring (bicyclic) bond motifs is 1. The van der Waals surface area contributed by atoms with Crippen molar-refractivity contribution in [2.24, 2.45) is 0 Å². The van der Waals surface area contributed by atoms with Crippen molar-refractivity contribution in [3.05, 3.63) is 62.6 Å². The third-order valence-electron chi connectivity index (χ3n) is 4.33. The van der Waals surface area contributed by atoms with Gasteiger partial charge in [-0.15, -0.1) is 10.2 Å². The van der Waals surface area contributed by atoms with Gasteiger partial charge in [0.05, 0.1) is 11.4 Å². The monoisotopic (exact) mass is 459 g/mol. The van der Waals surface area contributed by atoms with Gasteiger partial charge in [-0.2, -0.15) is 0 Å². The Morgan fingerprint density at radius 1 is 1.16 bits per heavy atom. The summed E-state index contributed by atoms with van der Waals surface area (Å²) in [5.74, 6) is 0.156. The molecule has 10 heteroatoms. The number of anilines is 1. The van der Waals surface area contributed by atoms with Crippen LogP contribution in [0.15, 0.2) is 36.4 Å². The molecule has 0 saturated heterocycles. The SMILES string of the molecule is Cc1ccc(NC(=O)c2nnc(COC(=O)Cc3cc(Cl)c4c(c3)OCCO4)s2)cc1. The average molecular weight is 460 g/mol. The van der Waals surface area contributed by atoms with Crippen LogP contribution in [0.5, 0.6) is 11.5 Å². The molecule has 3 aromatic rings. The van der Waals surface area contributed by atoms with Crippen LogP contribution in [0.1, 0.15) is 25.9 Å². The summed E-state index contributed by atoms with van der Waals surface area (Å²) < 4.78 is 16.2. The zero-order valence-corrected chi connectivity index (χ0v) is 18.1. The molecule has 1 aliphatic rings. The third-order valence-corrected chi connectivity index (χ3v) is 5.51. The maximum atomic E-state index is 12.3. The van der Waals surface area contributed by atoms with Gasteiger partial charge in [-0.05, 0) is 36.8 Å². The Bertz CT molecular complexity index is 1120. The predicted molar refractivity (Wildman–Crippen MR) is 115 cm³/mol. The number of aryl methyl sites for hydroxylation is 1. The fraction of sp³-hybridized carbons (Fsp3) is 0.238.